The van der Waals surface area contributed by atoms with E-state index in [1.54, 1.807) is 0 Å². The lowest BCUT2D eigenvalue weighted by Gasteiger charge is -2.31. The van der Waals surface area contributed by atoms with Gasteiger partial charge in [-0.2, -0.15) is 0 Å². The van der Waals surface area contributed by atoms with Crippen molar-refractivity contribution in [2.24, 2.45) is 0 Å². The van der Waals surface area contributed by atoms with Crippen LogP contribution in [-0.2, 0) is 28.6 Å². The molecule has 0 aliphatic rings. The molecule has 0 aromatic heterocycles. The Morgan fingerprint density at radius 2 is 0.815 bits per heavy atom. The fourth-order valence-corrected chi connectivity index (χ4v) is 7.98. The first kappa shape index (κ1) is 62.3. The third kappa shape index (κ3) is 46.2. The van der Waals surface area contributed by atoms with Gasteiger partial charge >= 0.3 is 17.9 Å². The second kappa shape index (κ2) is 47.8. The maximum Gasteiger partial charge on any atom is 0.362 e. The van der Waals surface area contributed by atoms with Crippen LogP contribution in [0.4, 0.5) is 0 Å². The average Bonchev–Trinajstić information content (AvgIpc) is 3.27. The van der Waals surface area contributed by atoms with Crippen molar-refractivity contribution in [3.63, 3.8) is 0 Å². The molecular weight excluding hydrogens is 811 g/mol. The Labute approximate surface area is 401 Å². The lowest BCUT2D eigenvalue weighted by Crippen LogP contribution is -2.50. The van der Waals surface area contributed by atoms with Crippen LogP contribution < -0.4 is 0 Å². The summed E-state index contributed by atoms with van der Waals surface area (Å²) in [6, 6.07) is -0.618. The van der Waals surface area contributed by atoms with Crippen molar-refractivity contribution >= 4 is 17.9 Å². The number of hydrogen-bond acceptors (Lipinski definition) is 6. The van der Waals surface area contributed by atoms with Crippen LogP contribution in [0.1, 0.15) is 245 Å². The van der Waals surface area contributed by atoms with Crippen molar-refractivity contribution < 1.29 is 38.2 Å². The normalized spacial score (nSPS) is 13.2. The molecule has 0 rings (SSSR count). The third-order valence-corrected chi connectivity index (χ3v) is 12.2. The number of nitrogens with zero attached hydrogens (tertiary/aromatic N) is 1. The zero-order valence-electron chi connectivity index (χ0n) is 43.2. The van der Waals surface area contributed by atoms with Gasteiger partial charge in [-0.05, 0) is 77.0 Å². The summed E-state index contributed by atoms with van der Waals surface area (Å²) in [5.41, 5.74) is 0. The minimum absolute atomic E-state index is 0.0547. The standard InChI is InChI=1S/C57H103NO7/c1-6-8-10-12-14-16-18-20-22-24-26-27-28-30-32-34-36-38-40-42-44-46-48-56(60)65-53(51-63-50-49-54(57(61)62)58(3,4)5)52-64-55(59)47-45-43-41-39-37-35-33-31-29-25-23-21-19-17-15-13-11-9-7-2/h14,16,20,22,25-27,29,53-54H,6-13,15,17-19,21,23-24,28,30-52H2,1-5H3/p+1/b16-14+,22-20+,27-26+,29-25+. The Hall–Kier alpha value is -2.71. The summed E-state index contributed by atoms with van der Waals surface area (Å²) in [5, 5.41) is 9.67. The summed E-state index contributed by atoms with van der Waals surface area (Å²) >= 11 is 0. The SMILES string of the molecule is CCCCC/C=C/C/C=C/C/C=C/CCCCCCCCCCCC(=O)OC(COCCC(C(=O)O)[N+](C)(C)C)COC(=O)CCCCCCCCC/C=C/CCCCCCCCCC. The maximum absolute atomic E-state index is 12.8. The van der Waals surface area contributed by atoms with E-state index in [0.29, 0.717) is 19.3 Å². The van der Waals surface area contributed by atoms with Crippen LogP contribution in [-0.4, -0.2) is 80.6 Å². The number of aliphatic carboxylic acids is 1. The van der Waals surface area contributed by atoms with Crippen molar-refractivity contribution in [2.75, 3.05) is 41.0 Å². The topological polar surface area (TPSA) is 99.1 Å². The summed E-state index contributed by atoms with van der Waals surface area (Å²) < 4.78 is 17.4. The minimum atomic E-state index is -0.875. The van der Waals surface area contributed by atoms with Gasteiger partial charge in [0.1, 0.15) is 6.61 Å². The van der Waals surface area contributed by atoms with Gasteiger partial charge in [0.05, 0.1) is 34.4 Å². The van der Waals surface area contributed by atoms with Crippen LogP contribution in [0.25, 0.3) is 0 Å². The molecule has 8 heteroatoms. The van der Waals surface area contributed by atoms with Gasteiger partial charge in [-0.3, -0.25) is 9.59 Å². The summed E-state index contributed by atoms with van der Waals surface area (Å²) in [4.78, 5) is 37.2. The first-order chi connectivity index (χ1) is 31.6. The predicted molar refractivity (Wildman–Crippen MR) is 275 cm³/mol. The molecule has 0 aromatic rings. The Balaban J connectivity index is 4.23. The van der Waals surface area contributed by atoms with E-state index in [0.717, 1.165) is 57.8 Å². The lowest BCUT2D eigenvalue weighted by atomic mass is 10.1. The number of unbranched alkanes of at least 4 members (excludes halogenated alkanes) is 27. The number of ether oxygens (including phenoxy) is 3. The fourth-order valence-electron chi connectivity index (χ4n) is 7.98. The first-order valence-electron chi connectivity index (χ1n) is 27.2. The van der Waals surface area contributed by atoms with E-state index in [9.17, 15) is 19.5 Å². The van der Waals surface area contributed by atoms with E-state index >= 15 is 0 Å². The van der Waals surface area contributed by atoms with E-state index < -0.39 is 18.1 Å². The van der Waals surface area contributed by atoms with Crippen LogP contribution in [0.15, 0.2) is 48.6 Å². The highest BCUT2D eigenvalue weighted by Crippen LogP contribution is 2.15. The largest absolute Gasteiger partial charge is 0.477 e. The number of quaternary nitrogens is 1. The third-order valence-electron chi connectivity index (χ3n) is 12.2. The maximum atomic E-state index is 12.8. The molecule has 2 unspecified atom stereocenters. The Bertz CT molecular complexity index is 1200. The first-order valence-corrected chi connectivity index (χ1v) is 27.2. The quantitative estimate of drug-likeness (QED) is 0.0281. The van der Waals surface area contributed by atoms with Gasteiger partial charge in [0.15, 0.2) is 12.1 Å². The Kier molecular flexibility index (Phi) is 45.8. The molecule has 0 bridgehead atoms. The van der Waals surface area contributed by atoms with Crippen LogP contribution in [0, 0.1) is 0 Å². The zero-order chi connectivity index (χ0) is 47.7. The smallest absolute Gasteiger partial charge is 0.362 e. The van der Waals surface area contributed by atoms with Crippen molar-refractivity contribution in [1.29, 1.82) is 0 Å². The second-order valence-electron chi connectivity index (χ2n) is 19.5. The number of likely N-dealkylation sites (N-methyl/N-ethyl adjacent to an activating group) is 1. The molecule has 0 amide bonds. The van der Waals surface area contributed by atoms with E-state index in [2.05, 4.69) is 62.5 Å². The molecule has 1 N–H and O–H groups in total. The van der Waals surface area contributed by atoms with Crippen LogP contribution in [0.2, 0.25) is 0 Å². The number of esters is 2. The number of carbonyl (C=O) groups excluding carboxylic acids is 2. The Morgan fingerprint density at radius 3 is 1.25 bits per heavy atom. The van der Waals surface area contributed by atoms with Crippen molar-refractivity contribution in [1.82, 2.24) is 0 Å². The molecule has 0 saturated carbocycles. The fraction of sp³-hybridized carbons (Fsp3) is 0.807. The van der Waals surface area contributed by atoms with E-state index in [-0.39, 0.29) is 36.2 Å². The minimum Gasteiger partial charge on any atom is -0.477 e. The molecule has 0 saturated heterocycles. The molecule has 378 valence electrons. The predicted octanol–water partition coefficient (Wildman–Crippen LogP) is 15.9. The van der Waals surface area contributed by atoms with E-state index in [4.69, 9.17) is 14.2 Å². The van der Waals surface area contributed by atoms with Gasteiger partial charge in [0, 0.05) is 19.3 Å². The highest BCUT2D eigenvalue weighted by atomic mass is 16.6. The number of carboxylic acids is 1. The van der Waals surface area contributed by atoms with Crippen molar-refractivity contribution in [3.8, 4) is 0 Å². The number of hydrogen-bond donors (Lipinski definition) is 1. The van der Waals surface area contributed by atoms with Crippen LogP contribution in [0.5, 0.6) is 0 Å². The molecule has 0 aliphatic carbocycles. The number of carbonyl (C=O) groups is 3. The van der Waals surface area contributed by atoms with Gasteiger partial charge in [0.25, 0.3) is 0 Å². The zero-order valence-corrected chi connectivity index (χ0v) is 43.2. The molecule has 0 aliphatic heterocycles. The summed E-state index contributed by atoms with van der Waals surface area (Å²) in [5.74, 6) is -1.47. The van der Waals surface area contributed by atoms with Gasteiger partial charge in [-0.1, -0.05) is 197 Å². The molecule has 0 spiro atoms. The molecule has 0 fully saturated rings. The Morgan fingerprint density at radius 1 is 0.462 bits per heavy atom. The van der Waals surface area contributed by atoms with Crippen molar-refractivity contribution in [3.05, 3.63) is 48.6 Å². The molecule has 65 heavy (non-hydrogen) atoms. The van der Waals surface area contributed by atoms with E-state index in [1.807, 2.05) is 21.1 Å². The van der Waals surface area contributed by atoms with Gasteiger partial charge in [-0.25, -0.2) is 4.79 Å². The highest BCUT2D eigenvalue weighted by molar-refractivity contribution is 5.72. The summed E-state index contributed by atoms with van der Waals surface area (Å²) in [6.07, 6.45) is 58.7. The average molecular weight is 915 g/mol. The molecular formula is C57H104NO7+. The van der Waals surface area contributed by atoms with Crippen LogP contribution in [0.3, 0.4) is 0 Å². The molecule has 0 aromatic carbocycles. The second-order valence-corrected chi connectivity index (χ2v) is 19.5. The summed E-state index contributed by atoms with van der Waals surface area (Å²) in [7, 11) is 5.54. The number of rotatable bonds is 49. The van der Waals surface area contributed by atoms with E-state index in [1.165, 1.54) is 154 Å². The van der Waals surface area contributed by atoms with Gasteiger partial charge in [-0.15, -0.1) is 0 Å². The molecule has 0 radical (unpaired) electrons. The molecule has 8 nitrogen and oxygen atoms in total. The van der Waals surface area contributed by atoms with Gasteiger partial charge in [0.2, 0.25) is 0 Å². The lowest BCUT2D eigenvalue weighted by molar-refractivity contribution is -0.887. The van der Waals surface area contributed by atoms with Crippen molar-refractivity contribution in [2.45, 2.75) is 257 Å². The highest BCUT2D eigenvalue weighted by Gasteiger charge is 2.31. The monoisotopic (exact) mass is 915 g/mol. The molecule has 0 heterocycles. The van der Waals surface area contributed by atoms with Crippen LogP contribution >= 0.6 is 0 Å². The van der Waals surface area contributed by atoms with Gasteiger partial charge < -0.3 is 23.8 Å². The number of carboxylic acid groups (broad SMARTS) is 1. The number of allylic oxidation sites excluding steroid dienone is 8. The molecule has 2 atom stereocenters. The summed E-state index contributed by atoms with van der Waals surface area (Å²) in [6.45, 7) is 4.73.